The number of carbonyl (C=O) groups excluding carboxylic acids is 1. The van der Waals surface area contributed by atoms with E-state index in [1.54, 1.807) is 14.2 Å². The lowest BCUT2D eigenvalue weighted by Gasteiger charge is -2.38. The Labute approximate surface area is 95.9 Å². The number of rotatable bonds is 3. The van der Waals surface area contributed by atoms with Crippen molar-refractivity contribution in [1.82, 2.24) is 15.0 Å². The number of aryl methyl sites for hydroxylation is 1. The van der Waals surface area contributed by atoms with Gasteiger partial charge in [0.1, 0.15) is 11.3 Å². The van der Waals surface area contributed by atoms with E-state index in [4.69, 9.17) is 4.74 Å². The van der Waals surface area contributed by atoms with E-state index in [2.05, 4.69) is 26.2 Å². The number of hydrogen-bond acceptors (Lipinski definition) is 4. The molecule has 0 amide bonds. The van der Waals surface area contributed by atoms with Crippen molar-refractivity contribution in [3.8, 4) is 0 Å². The lowest BCUT2D eigenvalue weighted by molar-refractivity contribution is -0.0454. The van der Waals surface area contributed by atoms with Gasteiger partial charge < -0.3 is 4.74 Å². The van der Waals surface area contributed by atoms with Gasteiger partial charge in [0.2, 0.25) is 5.78 Å². The molecule has 1 saturated carbocycles. The molecule has 1 aromatic rings. The molecule has 0 N–H and O–H groups in total. The normalized spacial score (nSPS) is 18.6. The van der Waals surface area contributed by atoms with Gasteiger partial charge in [-0.2, -0.15) is 0 Å². The first-order chi connectivity index (χ1) is 7.10. The molecule has 0 atom stereocenters. The van der Waals surface area contributed by atoms with Crippen LogP contribution in [0.5, 0.6) is 0 Å². The van der Waals surface area contributed by atoms with Crippen molar-refractivity contribution >= 4 is 21.7 Å². The number of aromatic nitrogens is 3. The van der Waals surface area contributed by atoms with Crippen LogP contribution in [0.1, 0.15) is 29.8 Å². The van der Waals surface area contributed by atoms with Crippen LogP contribution in [0, 0.1) is 0 Å². The fraction of sp³-hybridized carbons (Fsp3) is 0.667. The van der Waals surface area contributed by atoms with Gasteiger partial charge in [-0.15, -0.1) is 5.10 Å². The molecule has 0 unspecified atom stereocenters. The number of ether oxygens (including phenoxy) is 1. The van der Waals surface area contributed by atoms with Gasteiger partial charge in [-0.3, -0.25) is 4.79 Å². The summed E-state index contributed by atoms with van der Waals surface area (Å²) in [5.74, 6) is -0.0318. The van der Waals surface area contributed by atoms with Crippen LogP contribution in [-0.2, 0) is 11.8 Å². The van der Waals surface area contributed by atoms with Gasteiger partial charge in [0.05, 0.1) is 0 Å². The number of methoxy groups -OCH3 is 1. The van der Waals surface area contributed by atoms with E-state index in [9.17, 15) is 4.79 Å². The van der Waals surface area contributed by atoms with Crippen molar-refractivity contribution in [2.24, 2.45) is 7.05 Å². The Morgan fingerprint density at radius 1 is 1.60 bits per heavy atom. The highest BCUT2D eigenvalue weighted by Gasteiger charge is 2.46. The molecular weight excluding hydrogens is 262 g/mol. The topological polar surface area (TPSA) is 57.0 Å². The van der Waals surface area contributed by atoms with Crippen LogP contribution in [-0.4, -0.2) is 33.5 Å². The van der Waals surface area contributed by atoms with Crippen LogP contribution in [0.4, 0.5) is 0 Å². The molecule has 6 heteroatoms. The number of halogens is 1. The smallest absolute Gasteiger partial charge is 0.215 e. The molecule has 0 bridgehead atoms. The molecule has 5 nitrogen and oxygen atoms in total. The fourth-order valence-electron chi connectivity index (χ4n) is 1.81. The maximum absolute atomic E-state index is 12.2. The van der Waals surface area contributed by atoms with Crippen molar-refractivity contribution in [3.05, 3.63) is 10.3 Å². The molecule has 2 rings (SSSR count). The van der Waals surface area contributed by atoms with Gasteiger partial charge in [0.25, 0.3) is 0 Å². The summed E-state index contributed by atoms with van der Waals surface area (Å²) >= 11 is 3.22. The Morgan fingerprint density at radius 2 is 2.27 bits per heavy atom. The zero-order valence-corrected chi connectivity index (χ0v) is 10.2. The van der Waals surface area contributed by atoms with E-state index < -0.39 is 5.60 Å². The van der Waals surface area contributed by atoms with Crippen molar-refractivity contribution < 1.29 is 9.53 Å². The van der Waals surface area contributed by atoms with Crippen LogP contribution < -0.4 is 0 Å². The average molecular weight is 274 g/mol. The zero-order valence-electron chi connectivity index (χ0n) is 8.66. The summed E-state index contributed by atoms with van der Waals surface area (Å²) in [7, 11) is 3.28. The number of hydrogen-bond donors (Lipinski definition) is 0. The van der Waals surface area contributed by atoms with Crippen LogP contribution in [0.15, 0.2) is 4.60 Å². The minimum absolute atomic E-state index is 0.0318. The maximum Gasteiger partial charge on any atom is 0.215 e. The first kappa shape index (κ1) is 10.8. The Bertz CT molecular complexity index is 373. The quantitative estimate of drug-likeness (QED) is 0.780. The molecule has 82 valence electrons. The minimum atomic E-state index is -0.641. The Kier molecular flexibility index (Phi) is 2.64. The van der Waals surface area contributed by atoms with Gasteiger partial charge in [-0.05, 0) is 35.2 Å². The monoisotopic (exact) mass is 273 g/mol. The Morgan fingerprint density at radius 3 is 2.60 bits per heavy atom. The lowest BCUT2D eigenvalue weighted by atomic mass is 9.76. The molecule has 1 fully saturated rings. The van der Waals surface area contributed by atoms with E-state index in [-0.39, 0.29) is 5.78 Å². The molecule has 0 radical (unpaired) electrons. The fourth-order valence-corrected chi connectivity index (χ4v) is 2.32. The largest absolute Gasteiger partial charge is 0.370 e. The molecule has 0 aromatic carbocycles. The SMILES string of the molecule is COC1(C(=O)c2c(Br)nnn2C)CCC1. The number of Topliss-reactive ketones (excluding diaryl/α,β-unsaturated/α-hetero) is 1. The van der Waals surface area contributed by atoms with Gasteiger partial charge in [-0.25, -0.2) is 4.68 Å². The van der Waals surface area contributed by atoms with Crippen molar-refractivity contribution in [3.63, 3.8) is 0 Å². The molecular formula is C9H12BrN3O2. The average Bonchev–Trinajstić information content (AvgIpc) is 2.45. The standard InChI is InChI=1S/C9H12BrN3O2/c1-13-6(8(10)11-12-13)7(14)9(15-2)4-3-5-9/h3-5H2,1-2H3. The van der Waals surface area contributed by atoms with Crippen molar-refractivity contribution in [2.75, 3.05) is 7.11 Å². The summed E-state index contributed by atoms with van der Waals surface area (Å²) < 4.78 is 7.29. The third kappa shape index (κ3) is 1.52. The predicted octanol–water partition coefficient (Wildman–Crippen LogP) is 1.33. The second kappa shape index (κ2) is 3.68. The summed E-state index contributed by atoms with van der Waals surface area (Å²) in [5, 5.41) is 7.58. The first-order valence-corrected chi connectivity index (χ1v) is 5.55. The summed E-state index contributed by atoms with van der Waals surface area (Å²) in [6.45, 7) is 0. The number of ketones is 1. The summed E-state index contributed by atoms with van der Waals surface area (Å²) in [5.41, 5.74) is -0.158. The number of carbonyl (C=O) groups is 1. The van der Waals surface area contributed by atoms with Crippen LogP contribution in [0.25, 0.3) is 0 Å². The molecule has 1 aromatic heterocycles. The Hall–Kier alpha value is -0.750. The minimum Gasteiger partial charge on any atom is -0.370 e. The maximum atomic E-state index is 12.2. The second-order valence-corrected chi connectivity index (χ2v) is 4.48. The van der Waals surface area contributed by atoms with Gasteiger partial charge in [0.15, 0.2) is 4.60 Å². The van der Waals surface area contributed by atoms with Crippen LogP contribution >= 0.6 is 15.9 Å². The zero-order chi connectivity index (χ0) is 11.1. The number of nitrogens with zero attached hydrogens (tertiary/aromatic N) is 3. The van der Waals surface area contributed by atoms with E-state index in [0.29, 0.717) is 10.3 Å². The first-order valence-electron chi connectivity index (χ1n) is 4.76. The van der Waals surface area contributed by atoms with Crippen molar-refractivity contribution in [2.45, 2.75) is 24.9 Å². The third-order valence-corrected chi connectivity index (χ3v) is 3.50. The van der Waals surface area contributed by atoms with E-state index in [1.165, 1.54) is 4.68 Å². The van der Waals surface area contributed by atoms with E-state index >= 15 is 0 Å². The predicted molar refractivity (Wildman–Crippen MR) is 56.6 cm³/mol. The van der Waals surface area contributed by atoms with Crippen molar-refractivity contribution in [1.29, 1.82) is 0 Å². The van der Waals surface area contributed by atoms with Gasteiger partial charge >= 0.3 is 0 Å². The molecule has 1 aliphatic rings. The molecule has 15 heavy (non-hydrogen) atoms. The van der Waals surface area contributed by atoms with Gasteiger partial charge in [-0.1, -0.05) is 5.21 Å². The summed E-state index contributed by atoms with van der Waals surface area (Å²) in [4.78, 5) is 12.2. The Balaban J connectivity index is 2.35. The highest BCUT2D eigenvalue weighted by atomic mass is 79.9. The molecule has 0 aliphatic heterocycles. The molecule has 1 heterocycles. The molecule has 0 saturated heterocycles. The van der Waals surface area contributed by atoms with E-state index in [0.717, 1.165) is 19.3 Å². The van der Waals surface area contributed by atoms with E-state index in [1.807, 2.05) is 0 Å². The second-order valence-electron chi connectivity index (χ2n) is 3.73. The third-order valence-electron chi connectivity index (χ3n) is 2.97. The molecule has 0 spiro atoms. The highest BCUT2D eigenvalue weighted by molar-refractivity contribution is 9.10. The van der Waals surface area contributed by atoms with Crippen LogP contribution in [0.2, 0.25) is 0 Å². The summed E-state index contributed by atoms with van der Waals surface area (Å²) in [6.07, 6.45) is 2.59. The highest BCUT2D eigenvalue weighted by Crippen LogP contribution is 2.38. The molecule has 1 aliphatic carbocycles. The van der Waals surface area contributed by atoms with Crippen LogP contribution in [0.3, 0.4) is 0 Å². The summed E-state index contributed by atoms with van der Waals surface area (Å²) in [6, 6.07) is 0. The lowest BCUT2D eigenvalue weighted by Crippen LogP contribution is -2.47. The van der Waals surface area contributed by atoms with Gasteiger partial charge in [0, 0.05) is 14.2 Å².